The van der Waals surface area contributed by atoms with Gasteiger partial charge in [-0.25, -0.2) is 14.4 Å². The number of allylic oxidation sites excluding steroid dienone is 4. The van der Waals surface area contributed by atoms with Crippen molar-refractivity contribution in [1.82, 2.24) is 9.13 Å². The number of carboxylic acids is 1. The molecule has 1 N–H and O–H groups in total. The van der Waals surface area contributed by atoms with Crippen LogP contribution in [0.3, 0.4) is 0 Å². The number of rotatable bonds is 6. The second kappa shape index (κ2) is 9.22. The minimum Gasteiger partial charge on any atom is -0.477 e. The van der Waals surface area contributed by atoms with Crippen molar-refractivity contribution >= 4 is 29.4 Å². The molecule has 2 atom stereocenters. The van der Waals surface area contributed by atoms with Gasteiger partial charge in [0.15, 0.2) is 0 Å². The van der Waals surface area contributed by atoms with Crippen LogP contribution in [0.25, 0.3) is 5.69 Å². The van der Waals surface area contributed by atoms with Gasteiger partial charge in [-0.15, -0.1) is 11.6 Å². The molecule has 2 heterocycles. The number of benzene rings is 1. The summed E-state index contributed by atoms with van der Waals surface area (Å²) in [6.45, 7) is 1.74. The van der Waals surface area contributed by atoms with Crippen molar-refractivity contribution < 1.29 is 24.4 Å². The van der Waals surface area contributed by atoms with Crippen LogP contribution < -0.4 is 16.1 Å². The van der Waals surface area contributed by atoms with E-state index in [0.29, 0.717) is 16.8 Å². The van der Waals surface area contributed by atoms with E-state index in [1.807, 2.05) is 0 Å². The van der Waals surface area contributed by atoms with E-state index in [-0.39, 0.29) is 29.5 Å². The second-order valence-corrected chi connectivity index (χ2v) is 8.43. The summed E-state index contributed by atoms with van der Waals surface area (Å²) in [5.74, 6) is -1.92. The Labute approximate surface area is 202 Å². The second-order valence-electron chi connectivity index (χ2n) is 7.96. The van der Waals surface area contributed by atoms with E-state index in [9.17, 15) is 34.4 Å². The van der Waals surface area contributed by atoms with Crippen LogP contribution in [0.1, 0.15) is 17.3 Å². The van der Waals surface area contributed by atoms with E-state index in [1.165, 1.54) is 23.1 Å². The van der Waals surface area contributed by atoms with Gasteiger partial charge in [0.05, 0.1) is 23.7 Å². The summed E-state index contributed by atoms with van der Waals surface area (Å²) in [5, 5.41) is 20.2. The van der Waals surface area contributed by atoms with Gasteiger partial charge in [-0.1, -0.05) is 19.1 Å². The summed E-state index contributed by atoms with van der Waals surface area (Å²) in [4.78, 5) is 62.0. The highest BCUT2D eigenvalue weighted by atomic mass is 35.5. The SMILES string of the molecule is CC1C=CC(Cn2c(=O)c(C(=O)O)cn(-c3ccc(N4CCOC4=O)cc3)c2=O)=C([N+](=O)[O-])C1Cl. The molecule has 1 saturated heterocycles. The molecule has 1 aliphatic carbocycles. The van der Waals surface area contributed by atoms with Crippen LogP contribution >= 0.6 is 11.6 Å². The number of aromatic carboxylic acids is 1. The number of carbonyl (C=O) groups excluding carboxylic acids is 1. The molecule has 1 fully saturated rings. The number of hydrogen-bond acceptors (Lipinski definition) is 7. The molecule has 2 unspecified atom stereocenters. The number of aromatic nitrogens is 2. The fourth-order valence-electron chi connectivity index (χ4n) is 3.89. The molecule has 1 amide bonds. The Morgan fingerprint density at radius 2 is 1.89 bits per heavy atom. The van der Waals surface area contributed by atoms with E-state index >= 15 is 0 Å². The number of nitrogens with zero attached hydrogens (tertiary/aromatic N) is 4. The first-order chi connectivity index (χ1) is 16.6. The molecular formula is C22H19ClN4O8. The minimum atomic E-state index is -1.57. The van der Waals surface area contributed by atoms with Crippen LogP contribution in [0, 0.1) is 16.0 Å². The molecule has 35 heavy (non-hydrogen) atoms. The summed E-state index contributed by atoms with van der Waals surface area (Å²) in [6.07, 6.45) is 3.41. The van der Waals surface area contributed by atoms with Crippen LogP contribution in [0.15, 0.2) is 63.5 Å². The number of hydrogen-bond donors (Lipinski definition) is 1. The number of ether oxygens (including phenoxy) is 1. The van der Waals surface area contributed by atoms with Crippen molar-refractivity contribution in [3.8, 4) is 5.69 Å². The van der Waals surface area contributed by atoms with Gasteiger partial charge in [0.1, 0.15) is 17.5 Å². The van der Waals surface area contributed by atoms with Crippen LogP contribution in [-0.2, 0) is 11.3 Å². The number of anilines is 1. The van der Waals surface area contributed by atoms with Gasteiger partial charge < -0.3 is 9.84 Å². The first kappa shape index (κ1) is 24.0. The van der Waals surface area contributed by atoms with Gasteiger partial charge in [-0.3, -0.25) is 28.9 Å². The maximum Gasteiger partial charge on any atom is 0.414 e. The Bertz CT molecular complexity index is 1410. The lowest BCUT2D eigenvalue weighted by atomic mass is 9.94. The average molecular weight is 503 g/mol. The lowest BCUT2D eigenvalue weighted by Crippen LogP contribution is -2.42. The van der Waals surface area contributed by atoms with Crippen LogP contribution in [0.5, 0.6) is 0 Å². The highest BCUT2D eigenvalue weighted by molar-refractivity contribution is 6.22. The van der Waals surface area contributed by atoms with E-state index in [1.54, 1.807) is 25.1 Å². The quantitative estimate of drug-likeness (QED) is 0.357. The van der Waals surface area contributed by atoms with E-state index in [2.05, 4.69) is 0 Å². The molecule has 0 spiro atoms. The van der Waals surface area contributed by atoms with Crippen LogP contribution in [0.2, 0.25) is 0 Å². The summed E-state index contributed by atoms with van der Waals surface area (Å²) >= 11 is 6.20. The van der Waals surface area contributed by atoms with Gasteiger partial charge in [0.2, 0.25) is 0 Å². The van der Waals surface area contributed by atoms with Crippen molar-refractivity contribution in [3.63, 3.8) is 0 Å². The fraction of sp³-hybridized carbons (Fsp3) is 0.273. The molecule has 13 heteroatoms. The Kier molecular flexibility index (Phi) is 6.31. The van der Waals surface area contributed by atoms with E-state index < -0.39 is 45.7 Å². The predicted octanol–water partition coefficient (Wildman–Crippen LogP) is 2.00. The van der Waals surface area contributed by atoms with Crippen molar-refractivity contribution in [2.75, 3.05) is 18.1 Å². The summed E-state index contributed by atoms with van der Waals surface area (Å²) in [6, 6.07) is 6.03. The number of cyclic esters (lactones) is 1. The van der Waals surface area contributed by atoms with Crippen LogP contribution in [0.4, 0.5) is 10.5 Å². The number of halogens is 1. The monoisotopic (exact) mass is 502 g/mol. The van der Waals surface area contributed by atoms with Crippen LogP contribution in [-0.4, -0.2) is 49.8 Å². The Morgan fingerprint density at radius 1 is 1.23 bits per heavy atom. The molecule has 2 aromatic rings. The Balaban J connectivity index is 1.82. The maximum atomic E-state index is 13.3. The highest BCUT2D eigenvalue weighted by Gasteiger charge is 2.34. The molecular weight excluding hydrogens is 484 g/mol. The highest BCUT2D eigenvalue weighted by Crippen LogP contribution is 2.29. The summed E-state index contributed by atoms with van der Waals surface area (Å²) in [5.41, 5.74) is -2.33. The summed E-state index contributed by atoms with van der Waals surface area (Å²) < 4.78 is 6.48. The van der Waals surface area contributed by atoms with Gasteiger partial charge in [0, 0.05) is 23.4 Å². The number of alkyl halides is 1. The zero-order chi connectivity index (χ0) is 25.4. The number of carboxylic acid groups (broad SMARTS) is 1. The summed E-state index contributed by atoms with van der Waals surface area (Å²) in [7, 11) is 0. The third kappa shape index (κ3) is 4.35. The lowest BCUT2D eigenvalue weighted by Gasteiger charge is -2.20. The van der Waals surface area contributed by atoms with Gasteiger partial charge in [-0.2, -0.15) is 0 Å². The molecule has 4 rings (SSSR count). The Morgan fingerprint density at radius 3 is 2.46 bits per heavy atom. The van der Waals surface area contributed by atoms with Crippen molar-refractivity contribution in [3.05, 3.63) is 90.4 Å². The molecule has 0 saturated carbocycles. The topological polar surface area (TPSA) is 154 Å². The zero-order valence-electron chi connectivity index (χ0n) is 18.3. The minimum absolute atomic E-state index is 0.0179. The third-order valence-corrected chi connectivity index (χ3v) is 6.38. The van der Waals surface area contributed by atoms with E-state index in [4.69, 9.17) is 16.3 Å². The molecule has 1 aromatic heterocycles. The average Bonchev–Trinajstić information content (AvgIpc) is 3.24. The predicted molar refractivity (Wildman–Crippen MR) is 124 cm³/mol. The normalized spacial score (nSPS) is 19.7. The first-order valence-corrected chi connectivity index (χ1v) is 10.9. The van der Waals surface area contributed by atoms with E-state index in [0.717, 1.165) is 10.8 Å². The molecule has 182 valence electrons. The molecule has 0 bridgehead atoms. The first-order valence-electron chi connectivity index (χ1n) is 10.4. The molecule has 1 aliphatic heterocycles. The van der Waals surface area contributed by atoms with Crippen molar-refractivity contribution in [1.29, 1.82) is 0 Å². The molecule has 0 radical (unpaired) electrons. The van der Waals surface area contributed by atoms with Crippen molar-refractivity contribution in [2.45, 2.75) is 18.8 Å². The smallest absolute Gasteiger partial charge is 0.414 e. The maximum absolute atomic E-state index is 13.3. The molecule has 12 nitrogen and oxygen atoms in total. The standard InChI is InChI=1S/C22H19ClN4O8/c1-12-2-3-13(18(17(12)23)27(33)34)10-26-19(28)16(20(29)30)11-25(21(26)31)15-6-4-14(5-7-15)24-8-9-35-22(24)32/h2-7,11-12,17H,8-10H2,1H3,(H,29,30). The number of nitro groups is 1. The molecule has 2 aliphatic rings. The van der Waals surface area contributed by atoms with Gasteiger partial charge in [0.25, 0.3) is 11.3 Å². The molecule has 1 aromatic carbocycles. The van der Waals surface area contributed by atoms with Gasteiger partial charge in [-0.05, 0) is 24.3 Å². The Hall–Kier alpha value is -4.19. The number of carbonyl (C=O) groups is 2. The fourth-order valence-corrected chi connectivity index (χ4v) is 4.20. The van der Waals surface area contributed by atoms with Gasteiger partial charge >= 0.3 is 17.8 Å². The third-order valence-electron chi connectivity index (χ3n) is 5.78. The zero-order valence-corrected chi connectivity index (χ0v) is 19.0. The largest absolute Gasteiger partial charge is 0.477 e. The lowest BCUT2D eigenvalue weighted by molar-refractivity contribution is -0.429. The number of amides is 1. The van der Waals surface area contributed by atoms with Crippen molar-refractivity contribution in [2.24, 2.45) is 5.92 Å².